The van der Waals surface area contributed by atoms with Crippen molar-refractivity contribution in [3.63, 3.8) is 0 Å². The highest BCUT2D eigenvalue weighted by atomic mass is 16.6. The average molecular weight is 377 g/mol. The zero-order valence-electron chi connectivity index (χ0n) is 15.0. The minimum Gasteiger partial charge on any atom is -0.407 e. The normalized spacial score (nSPS) is 13.8. The highest BCUT2D eigenvalue weighted by Crippen LogP contribution is 2.28. The molecule has 0 radical (unpaired) electrons. The van der Waals surface area contributed by atoms with Crippen molar-refractivity contribution in [2.45, 2.75) is 38.6 Å². The van der Waals surface area contributed by atoms with E-state index in [0.717, 1.165) is 18.9 Å². The summed E-state index contributed by atoms with van der Waals surface area (Å²) in [4.78, 5) is 34.0. The Morgan fingerprint density at radius 1 is 1.37 bits per heavy atom. The van der Waals surface area contributed by atoms with Crippen LogP contribution in [0.25, 0.3) is 11.1 Å². The molecule has 0 aliphatic heterocycles. The zero-order chi connectivity index (χ0) is 19.2. The third-order valence-electron chi connectivity index (χ3n) is 4.49. The fourth-order valence-corrected chi connectivity index (χ4v) is 2.80. The molecule has 1 amide bonds. The van der Waals surface area contributed by atoms with Gasteiger partial charge >= 0.3 is 5.76 Å². The maximum Gasteiger partial charge on any atom is 0.419 e. The van der Waals surface area contributed by atoms with E-state index in [1.54, 1.807) is 0 Å². The highest BCUT2D eigenvalue weighted by molar-refractivity contribution is 5.76. The summed E-state index contributed by atoms with van der Waals surface area (Å²) < 4.78 is 12.0. The molecule has 27 heavy (non-hydrogen) atoms. The molecule has 1 aliphatic rings. The number of hydrogen-bond acceptors (Lipinski definition) is 6. The fourth-order valence-electron chi connectivity index (χ4n) is 2.80. The molecule has 9 nitrogen and oxygen atoms in total. The number of nitrogens with zero attached hydrogens (tertiary/aromatic N) is 2. The maximum atomic E-state index is 11.9. The molecule has 1 aromatic heterocycles. The van der Waals surface area contributed by atoms with E-state index in [9.17, 15) is 19.7 Å². The predicted octanol–water partition coefficient (Wildman–Crippen LogP) is 2.22. The lowest BCUT2D eigenvalue weighted by atomic mass is 10.2. The maximum absolute atomic E-state index is 11.9. The number of carbonyl (C=O) groups excluding carboxylic acids is 1. The number of rotatable bonds is 11. The topological polar surface area (TPSA) is 117 Å². The number of amides is 1. The van der Waals surface area contributed by atoms with Crippen molar-refractivity contribution in [1.82, 2.24) is 9.88 Å². The van der Waals surface area contributed by atoms with Crippen LogP contribution in [0.1, 0.15) is 32.1 Å². The standard InChI is InChI=1S/C18H23N3O6/c22-17(19-8-2-10-26-12-13-4-5-13)3-1-9-20-15-7-6-14(21(24)25)11-16(15)27-18(20)23/h6-7,11,13H,1-5,8-10,12H2,(H,19,22). The Labute approximate surface area is 155 Å². The van der Waals surface area contributed by atoms with Crippen LogP contribution in [0.4, 0.5) is 5.69 Å². The first-order valence-electron chi connectivity index (χ1n) is 9.17. The quantitative estimate of drug-likeness (QED) is 0.364. The van der Waals surface area contributed by atoms with Gasteiger partial charge in [0.05, 0.1) is 16.5 Å². The molecule has 0 bridgehead atoms. The van der Waals surface area contributed by atoms with Gasteiger partial charge in [-0.15, -0.1) is 0 Å². The molecule has 3 rings (SSSR count). The number of nitro benzene ring substituents is 1. The second-order valence-corrected chi connectivity index (χ2v) is 6.75. The average Bonchev–Trinajstić information content (AvgIpc) is 3.41. The van der Waals surface area contributed by atoms with Crippen LogP contribution in [0.2, 0.25) is 0 Å². The van der Waals surface area contributed by atoms with Crippen LogP contribution >= 0.6 is 0 Å². The summed E-state index contributed by atoms with van der Waals surface area (Å²) >= 11 is 0. The molecule has 9 heteroatoms. The summed E-state index contributed by atoms with van der Waals surface area (Å²) in [6.07, 6.45) is 4.07. The van der Waals surface area contributed by atoms with E-state index in [-0.39, 0.29) is 23.6 Å². The third kappa shape index (κ3) is 5.40. The van der Waals surface area contributed by atoms with Gasteiger partial charge in [0, 0.05) is 38.8 Å². The number of aryl methyl sites for hydroxylation is 1. The largest absolute Gasteiger partial charge is 0.419 e. The van der Waals surface area contributed by atoms with E-state index >= 15 is 0 Å². The van der Waals surface area contributed by atoms with E-state index in [2.05, 4.69) is 5.32 Å². The first-order valence-corrected chi connectivity index (χ1v) is 9.17. The second kappa shape index (κ2) is 8.81. The van der Waals surface area contributed by atoms with Gasteiger partial charge in [-0.25, -0.2) is 4.79 Å². The van der Waals surface area contributed by atoms with E-state index in [1.165, 1.54) is 35.6 Å². The first-order chi connectivity index (χ1) is 13.0. The molecule has 146 valence electrons. The number of oxazole rings is 1. The van der Waals surface area contributed by atoms with Crippen molar-refractivity contribution in [1.29, 1.82) is 0 Å². The summed E-state index contributed by atoms with van der Waals surface area (Å²) in [6, 6.07) is 4.04. The molecule has 1 fully saturated rings. The summed E-state index contributed by atoms with van der Waals surface area (Å²) in [5, 5.41) is 13.6. The van der Waals surface area contributed by atoms with Gasteiger partial charge < -0.3 is 14.5 Å². The monoisotopic (exact) mass is 377 g/mol. The van der Waals surface area contributed by atoms with Crippen molar-refractivity contribution in [3.8, 4) is 0 Å². The Morgan fingerprint density at radius 2 is 2.19 bits per heavy atom. The van der Waals surface area contributed by atoms with E-state index < -0.39 is 10.7 Å². The minimum atomic E-state index is -0.585. The lowest BCUT2D eigenvalue weighted by Crippen LogP contribution is -2.25. The summed E-state index contributed by atoms with van der Waals surface area (Å²) in [5.41, 5.74) is 0.521. The molecule has 1 aromatic carbocycles. The number of hydrogen-bond donors (Lipinski definition) is 1. The fraction of sp³-hybridized carbons (Fsp3) is 0.556. The number of carbonyl (C=O) groups is 1. The molecular weight excluding hydrogens is 354 g/mol. The Morgan fingerprint density at radius 3 is 2.93 bits per heavy atom. The van der Waals surface area contributed by atoms with Gasteiger partial charge in [0.15, 0.2) is 5.58 Å². The van der Waals surface area contributed by atoms with Crippen LogP contribution in [0.3, 0.4) is 0 Å². The molecule has 0 unspecified atom stereocenters. The van der Waals surface area contributed by atoms with Crippen LogP contribution in [0.15, 0.2) is 27.4 Å². The molecule has 1 heterocycles. The van der Waals surface area contributed by atoms with Crippen molar-refractivity contribution >= 4 is 22.7 Å². The van der Waals surface area contributed by atoms with Gasteiger partial charge in [-0.3, -0.25) is 19.5 Å². The van der Waals surface area contributed by atoms with Gasteiger partial charge in [-0.05, 0) is 37.7 Å². The number of nitrogens with one attached hydrogen (secondary N) is 1. The minimum absolute atomic E-state index is 0.0753. The molecule has 1 aliphatic carbocycles. The zero-order valence-corrected chi connectivity index (χ0v) is 15.0. The Kier molecular flexibility index (Phi) is 6.23. The number of non-ortho nitro benzene ring substituents is 1. The van der Waals surface area contributed by atoms with Gasteiger partial charge in [0.2, 0.25) is 5.91 Å². The summed E-state index contributed by atoms with van der Waals surface area (Å²) in [7, 11) is 0. The van der Waals surface area contributed by atoms with Crippen LogP contribution in [0, 0.1) is 16.0 Å². The van der Waals surface area contributed by atoms with Crippen LogP contribution in [-0.2, 0) is 16.1 Å². The Bertz CT molecular complexity index is 868. The molecule has 2 aromatic rings. The summed E-state index contributed by atoms with van der Waals surface area (Å²) in [6.45, 7) is 2.35. The van der Waals surface area contributed by atoms with Crippen molar-refractivity contribution in [3.05, 3.63) is 38.9 Å². The second-order valence-electron chi connectivity index (χ2n) is 6.75. The number of aromatic nitrogens is 1. The Hall–Kier alpha value is -2.68. The van der Waals surface area contributed by atoms with Crippen molar-refractivity contribution < 1.29 is 18.9 Å². The van der Waals surface area contributed by atoms with Crippen LogP contribution < -0.4 is 11.1 Å². The lowest BCUT2D eigenvalue weighted by Gasteiger charge is -2.06. The predicted molar refractivity (Wildman–Crippen MR) is 97.5 cm³/mol. The Balaban J connectivity index is 1.40. The van der Waals surface area contributed by atoms with Gasteiger partial charge in [-0.2, -0.15) is 0 Å². The highest BCUT2D eigenvalue weighted by Gasteiger charge is 2.20. The first kappa shape index (κ1) is 19.1. The lowest BCUT2D eigenvalue weighted by molar-refractivity contribution is -0.384. The molecule has 1 N–H and O–H groups in total. The number of ether oxygens (including phenoxy) is 1. The van der Waals surface area contributed by atoms with Crippen molar-refractivity contribution in [2.75, 3.05) is 19.8 Å². The van der Waals surface area contributed by atoms with E-state index in [1.807, 2.05) is 0 Å². The van der Waals surface area contributed by atoms with Gasteiger partial charge in [0.25, 0.3) is 5.69 Å². The van der Waals surface area contributed by atoms with Crippen molar-refractivity contribution in [2.24, 2.45) is 5.92 Å². The van der Waals surface area contributed by atoms with Crippen LogP contribution in [0.5, 0.6) is 0 Å². The van der Waals surface area contributed by atoms with E-state index in [0.29, 0.717) is 31.6 Å². The summed E-state index contributed by atoms with van der Waals surface area (Å²) in [5.74, 6) is 0.0838. The smallest absolute Gasteiger partial charge is 0.407 e. The number of benzene rings is 1. The molecule has 0 atom stereocenters. The number of nitro groups is 1. The molecule has 1 saturated carbocycles. The van der Waals surface area contributed by atoms with Gasteiger partial charge in [-0.1, -0.05) is 0 Å². The van der Waals surface area contributed by atoms with E-state index in [4.69, 9.17) is 9.15 Å². The molecule has 0 spiro atoms. The molecular formula is C18H23N3O6. The number of fused-ring (bicyclic) bond motifs is 1. The van der Waals surface area contributed by atoms with Gasteiger partial charge in [0.1, 0.15) is 0 Å². The van der Waals surface area contributed by atoms with Crippen LogP contribution in [-0.4, -0.2) is 35.2 Å². The SMILES string of the molecule is O=C(CCCn1c(=O)oc2cc([N+](=O)[O-])ccc21)NCCCOCC1CC1. The molecule has 0 saturated heterocycles. The third-order valence-corrected chi connectivity index (χ3v) is 4.49.